The fourth-order valence-corrected chi connectivity index (χ4v) is 3.77. The Bertz CT molecular complexity index is 902. The van der Waals surface area contributed by atoms with Gasteiger partial charge in [0, 0.05) is 25.2 Å². The van der Waals surface area contributed by atoms with E-state index in [4.69, 9.17) is 4.74 Å². The highest BCUT2D eigenvalue weighted by Crippen LogP contribution is 2.23. The van der Waals surface area contributed by atoms with Gasteiger partial charge >= 0.3 is 12.0 Å². The smallest absolute Gasteiger partial charge is 0.328 e. The number of ether oxygens (including phenoxy) is 1. The number of nitrogens with one attached hydrogen (secondary N) is 5. The van der Waals surface area contributed by atoms with Crippen LogP contribution in [0.3, 0.4) is 0 Å². The number of benzene rings is 1. The van der Waals surface area contributed by atoms with E-state index in [2.05, 4.69) is 31.6 Å². The summed E-state index contributed by atoms with van der Waals surface area (Å²) in [6, 6.07) is 2.36. The van der Waals surface area contributed by atoms with E-state index in [9.17, 15) is 24.6 Å². The lowest BCUT2D eigenvalue weighted by atomic mass is 9.96. The highest BCUT2D eigenvalue weighted by atomic mass is 16.5. The van der Waals surface area contributed by atoms with E-state index in [1.54, 1.807) is 0 Å². The predicted molar refractivity (Wildman–Crippen MR) is 124 cm³/mol. The molecule has 0 saturated heterocycles. The molecule has 1 fully saturated rings. The summed E-state index contributed by atoms with van der Waals surface area (Å²) in [6.07, 6.45) is 4.92. The number of aliphatic carboxylic acids is 1. The molecule has 12 heteroatoms. The number of aliphatic imine (C=N–C) groups is 1. The molecular formula is C22H32N6O6. The molecule has 1 saturated carbocycles. The molecule has 186 valence electrons. The molecule has 7 N–H and O–H groups in total. The number of carbonyl (C=O) groups is 3. The van der Waals surface area contributed by atoms with Crippen LogP contribution >= 0.6 is 0 Å². The molecule has 0 unspecified atom stereocenters. The van der Waals surface area contributed by atoms with E-state index in [1.165, 1.54) is 18.2 Å². The van der Waals surface area contributed by atoms with Gasteiger partial charge in [0.15, 0.2) is 5.96 Å². The zero-order chi connectivity index (χ0) is 24.3. The Kier molecular flexibility index (Phi) is 9.18. The summed E-state index contributed by atoms with van der Waals surface area (Å²) in [4.78, 5) is 40.3. The SMILES string of the molecule is O=C(NC1CCCCC1)N[C@@H](CNC(=O)c1ccc(OCCNC2=NCCN2)cc1O)C(=O)O. The van der Waals surface area contributed by atoms with Gasteiger partial charge in [0.2, 0.25) is 0 Å². The average molecular weight is 477 g/mol. The summed E-state index contributed by atoms with van der Waals surface area (Å²) >= 11 is 0. The first-order valence-electron chi connectivity index (χ1n) is 11.5. The first-order valence-corrected chi connectivity index (χ1v) is 11.5. The molecule has 1 heterocycles. The van der Waals surface area contributed by atoms with E-state index < -0.39 is 23.9 Å². The highest BCUT2D eigenvalue weighted by Gasteiger charge is 2.23. The molecule has 0 aromatic heterocycles. The van der Waals surface area contributed by atoms with Crippen molar-refractivity contribution >= 4 is 23.9 Å². The fourth-order valence-electron chi connectivity index (χ4n) is 3.77. The second-order valence-electron chi connectivity index (χ2n) is 8.16. The van der Waals surface area contributed by atoms with Crippen LogP contribution in [0.25, 0.3) is 0 Å². The molecule has 34 heavy (non-hydrogen) atoms. The maximum absolute atomic E-state index is 12.5. The molecule has 2 aliphatic rings. The van der Waals surface area contributed by atoms with Crippen molar-refractivity contribution in [3.8, 4) is 11.5 Å². The molecule has 0 radical (unpaired) electrons. The second-order valence-corrected chi connectivity index (χ2v) is 8.16. The number of phenolic OH excluding ortho intramolecular Hbond substituents is 1. The number of carboxylic acids is 1. The second kappa shape index (κ2) is 12.5. The largest absolute Gasteiger partial charge is 0.507 e. The van der Waals surface area contributed by atoms with Gasteiger partial charge in [-0.2, -0.15) is 0 Å². The van der Waals surface area contributed by atoms with Crippen molar-refractivity contribution in [1.29, 1.82) is 0 Å². The Morgan fingerprint density at radius 2 is 2.00 bits per heavy atom. The van der Waals surface area contributed by atoms with Crippen LogP contribution in [-0.2, 0) is 4.79 Å². The van der Waals surface area contributed by atoms with E-state index in [1.807, 2.05) is 0 Å². The number of guanidine groups is 1. The van der Waals surface area contributed by atoms with Crippen LogP contribution in [0.4, 0.5) is 4.79 Å². The van der Waals surface area contributed by atoms with Crippen LogP contribution in [0.1, 0.15) is 42.5 Å². The average Bonchev–Trinajstić information content (AvgIpc) is 3.33. The van der Waals surface area contributed by atoms with Gasteiger partial charge in [-0.05, 0) is 25.0 Å². The maximum Gasteiger partial charge on any atom is 0.328 e. The summed E-state index contributed by atoms with van der Waals surface area (Å²) in [6.45, 7) is 2.02. The summed E-state index contributed by atoms with van der Waals surface area (Å²) < 4.78 is 5.55. The molecular weight excluding hydrogens is 444 g/mol. The van der Waals surface area contributed by atoms with Crippen molar-refractivity contribution in [2.75, 3.05) is 32.8 Å². The van der Waals surface area contributed by atoms with E-state index in [-0.39, 0.29) is 23.9 Å². The van der Waals surface area contributed by atoms with Crippen LogP contribution in [0.15, 0.2) is 23.2 Å². The summed E-state index contributed by atoms with van der Waals surface area (Å²) in [5, 5.41) is 33.4. The minimum absolute atomic E-state index is 0.0272. The Morgan fingerprint density at radius 1 is 1.21 bits per heavy atom. The summed E-state index contributed by atoms with van der Waals surface area (Å²) in [7, 11) is 0. The number of amides is 3. The molecule has 12 nitrogen and oxygen atoms in total. The fraction of sp³-hybridized carbons (Fsp3) is 0.545. The number of aromatic hydroxyl groups is 1. The zero-order valence-corrected chi connectivity index (χ0v) is 18.9. The van der Waals surface area contributed by atoms with Crippen molar-refractivity contribution in [2.45, 2.75) is 44.2 Å². The van der Waals surface area contributed by atoms with Gasteiger partial charge in [0.25, 0.3) is 5.91 Å². The Balaban J connectivity index is 1.44. The van der Waals surface area contributed by atoms with E-state index >= 15 is 0 Å². The maximum atomic E-state index is 12.5. The minimum Gasteiger partial charge on any atom is -0.507 e. The van der Waals surface area contributed by atoms with Gasteiger partial charge in [0.1, 0.15) is 24.1 Å². The number of carboxylic acid groups (broad SMARTS) is 1. The van der Waals surface area contributed by atoms with Crippen LogP contribution in [0, 0.1) is 0 Å². The van der Waals surface area contributed by atoms with Gasteiger partial charge in [-0.3, -0.25) is 9.79 Å². The van der Waals surface area contributed by atoms with Crippen molar-refractivity contribution in [2.24, 2.45) is 4.99 Å². The minimum atomic E-state index is -1.32. The van der Waals surface area contributed by atoms with Crippen molar-refractivity contribution in [1.82, 2.24) is 26.6 Å². The zero-order valence-electron chi connectivity index (χ0n) is 18.9. The van der Waals surface area contributed by atoms with Gasteiger partial charge in [-0.1, -0.05) is 19.3 Å². The number of carbonyl (C=O) groups excluding carboxylic acids is 2. The molecule has 1 aromatic carbocycles. The first-order chi connectivity index (χ1) is 16.4. The summed E-state index contributed by atoms with van der Waals surface area (Å²) in [5.41, 5.74) is -0.0363. The topological polar surface area (TPSA) is 173 Å². The lowest BCUT2D eigenvalue weighted by molar-refractivity contribution is -0.139. The number of rotatable bonds is 10. The molecule has 3 amide bonds. The Hall–Kier alpha value is -3.70. The van der Waals surface area contributed by atoms with Gasteiger partial charge < -0.3 is 41.5 Å². The normalized spacial score (nSPS) is 16.5. The van der Waals surface area contributed by atoms with Crippen LogP contribution < -0.4 is 31.3 Å². The molecule has 1 atom stereocenters. The lowest BCUT2D eigenvalue weighted by Crippen LogP contribution is -2.53. The molecule has 3 rings (SSSR count). The monoisotopic (exact) mass is 476 g/mol. The van der Waals surface area contributed by atoms with Gasteiger partial charge in [-0.25, -0.2) is 9.59 Å². The van der Waals surface area contributed by atoms with Crippen molar-refractivity contribution in [3.63, 3.8) is 0 Å². The number of urea groups is 1. The van der Waals surface area contributed by atoms with Crippen molar-refractivity contribution in [3.05, 3.63) is 23.8 Å². The predicted octanol–water partition coefficient (Wildman–Crippen LogP) is 0.135. The third-order valence-electron chi connectivity index (χ3n) is 5.56. The quantitative estimate of drug-likeness (QED) is 0.233. The van der Waals surface area contributed by atoms with Gasteiger partial charge in [-0.15, -0.1) is 0 Å². The van der Waals surface area contributed by atoms with Gasteiger partial charge in [0.05, 0.1) is 18.7 Å². The Morgan fingerprint density at radius 3 is 2.68 bits per heavy atom. The Labute approximate surface area is 197 Å². The lowest BCUT2D eigenvalue weighted by Gasteiger charge is -2.24. The number of phenols is 1. The number of hydrogen-bond acceptors (Lipinski definition) is 8. The van der Waals surface area contributed by atoms with E-state index in [0.29, 0.717) is 18.9 Å². The number of nitrogens with zero attached hydrogens (tertiary/aromatic N) is 1. The third kappa shape index (κ3) is 7.71. The van der Waals surface area contributed by atoms with Crippen LogP contribution in [0.5, 0.6) is 11.5 Å². The van der Waals surface area contributed by atoms with Crippen molar-refractivity contribution < 1.29 is 29.3 Å². The third-order valence-corrected chi connectivity index (χ3v) is 5.56. The van der Waals surface area contributed by atoms with Crippen LogP contribution in [-0.4, -0.2) is 78.9 Å². The number of hydrogen-bond donors (Lipinski definition) is 7. The standard InChI is InChI=1S/C22H32N6O6/c29-18-12-15(34-11-10-25-21-23-8-9-24-21)6-7-16(18)19(30)26-13-17(20(31)32)28-22(33)27-14-4-2-1-3-5-14/h6-7,12,14,17,29H,1-5,8-11,13H2,(H,26,30)(H,31,32)(H2,23,24,25)(H2,27,28,33)/t17-/m0/s1. The summed E-state index contributed by atoms with van der Waals surface area (Å²) in [5.74, 6) is -1.16. The highest BCUT2D eigenvalue weighted by molar-refractivity contribution is 5.97. The van der Waals surface area contributed by atoms with E-state index in [0.717, 1.165) is 51.2 Å². The molecule has 0 bridgehead atoms. The first kappa shape index (κ1) is 24.9. The van der Waals surface area contributed by atoms with Crippen LogP contribution in [0.2, 0.25) is 0 Å². The molecule has 0 spiro atoms. The molecule has 1 aliphatic heterocycles. The molecule has 1 aliphatic carbocycles. The molecule has 1 aromatic rings.